The molecule has 0 fully saturated rings. The number of rotatable bonds is 7. The standard InChI is InChI=1S/C19H26N4O3S2/c1-4-14-21-22-19(23(14)3)27-11-15(24)20-17-16(18(25)26-5-2)12-9-7-6-8-10-13(12)28-17/h4-11H2,1-3H3,(H,20,24). The molecular formula is C19H26N4O3S2. The zero-order valence-corrected chi connectivity index (χ0v) is 18.2. The minimum absolute atomic E-state index is 0.159. The number of carbonyl (C=O) groups excluding carboxylic acids is 2. The highest BCUT2D eigenvalue weighted by Crippen LogP contribution is 2.38. The average Bonchev–Trinajstić information content (AvgIpc) is 3.11. The first-order valence-electron chi connectivity index (χ1n) is 9.67. The molecule has 0 saturated heterocycles. The lowest BCUT2D eigenvalue weighted by atomic mass is 10.1. The third kappa shape index (κ3) is 4.57. The second-order valence-corrected chi connectivity index (χ2v) is 8.68. The van der Waals surface area contributed by atoms with Gasteiger partial charge in [0.25, 0.3) is 0 Å². The lowest BCUT2D eigenvalue weighted by Gasteiger charge is -2.08. The zero-order chi connectivity index (χ0) is 20.1. The van der Waals surface area contributed by atoms with E-state index in [-0.39, 0.29) is 17.6 Å². The molecule has 152 valence electrons. The van der Waals surface area contributed by atoms with E-state index in [9.17, 15) is 9.59 Å². The summed E-state index contributed by atoms with van der Waals surface area (Å²) in [7, 11) is 1.90. The molecule has 1 N–H and O–H groups in total. The van der Waals surface area contributed by atoms with Gasteiger partial charge < -0.3 is 14.6 Å². The van der Waals surface area contributed by atoms with E-state index < -0.39 is 0 Å². The Labute approximate surface area is 173 Å². The molecule has 0 bridgehead atoms. The van der Waals surface area contributed by atoms with Crippen molar-refractivity contribution in [1.29, 1.82) is 0 Å². The Morgan fingerprint density at radius 3 is 2.71 bits per heavy atom. The molecule has 0 aromatic carbocycles. The van der Waals surface area contributed by atoms with Crippen molar-refractivity contribution in [3.8, 4) is 0 Å². The van der Waals surface area contributed by atoms with Gasteiger partial charge in [0.15, 0.2) is 5.16 Å². The summed E-state index contributed by atoms with van der Waals surface area (Å²) in [5, 5.41) is 12.5. The maximum absolute atomic E-state index is 12.6. The summed E-state index contributed by atoms with van der Waals surface area (Å²) in [6.07, 6.45) is 5.95. The molecule has 0 spiro atoms. The Morgan fingerprint density at radius 2 is 2.00 bits per heavy atom. The molecule has 0 aliphatic heterocycles. The summed E-state index contributed by atoms with van der Waals surface area (Å²) in [6.45, 7) is 4.13. The van der Waals surface area contributed by atoms with Crippen LogP contribution in [-0.4, -0.2) is 39.0 Å². The number of esters is 1. The zero-order valence-electron chi connectivity index (χ0n) is 16.5. The van der Waals surface area contributed by atoms with E-state index >= 15 is 0 Å². The number of anilines is 1. The number of amides is 1. The van der Waals surface area contributed by atoms with E-state index in [4.69, 9.17) is 4.74 Å². The van der Waals surface area contributed by atoms with Gasteiger partial charge in [-0.05, 0) is 38.2 Å². The smallest absolute Gasteiger partial charge is 0.341 e. The number of ether oxygens (including phenoxy) is 1. The molecule has 28 heavy (non-hydrogen) atoms. The number of thiophene rings is 1. The summed E-state index contributed by atoms with van der Waals surface area (Å²) in [4.78, 5) is 26.3. The van der Waals surface area contributed by atoms with Crippen molar-refractivity contribution in [2.45, 2.75) is 57.5 Å². The third-order valence-electron chi connectivity index (χ3n) is 4.73. The van der Waals surface area contributed by atoms with Crippen LogP contribution in [0, 0.1) is 0 Å². The van der Waals surface area contributed by atoms with Gasteiger partial charge >= 0.3 is 5.97 Å². The first kappa shape index (κ1) is 20.9. The van der Waals surface area contributed by atoms with Gasteiger partial charge in [-0.1, -0.05) is 25.1 Å². The number of nitrogens with one attached hydrogen (secondary N) is 1. The number of carbonyl (C=O) groups is 2. The van der Waals surface area contributed by atoms with Gasteiger partial charge in [0.05, 0.1) is 17.9 Å². The molecule has 1 amide bonds. The average molecular weight is 423 g/mol. The SMILES string of the molecule is CCOC(=O)c1c(NC(=O)CSc2nnc(CC)n2C)sc2c1CCCCC2. The molecular weight excluding hydrogens is 396 g/mol. The van der Waals surface area contributed by atoms with Crippen LogP contribution in [0.4, 0.5) is 5.00 Å². The van der Waals surface area contributed by atoms with E-state index in [1.807, 2.05) is 18.5 Å². The Bertz CT molecular complexity index is 860. The van der Waals surface area contributed by atoms with Gasteiger partial charge in [0.2, 0.25) is 5.91 Å². The molecule has 1 aliphatic carbocycles. The van der Waals surface area contributed by atoms with Crippen LogP contribution in [-0.2, 0) is 35.8 Å². The molecule has 0 saturated carbocycles. The lowest BCUT2D eigenvalue weighted by Crippen LogP contribution is -2.17. The highest BCUT2D eigenvalue weighted by Gasteiger charge is 2.26. The van der Waals surface area contributed by atoms with Gasteiger partial charge in [-0.25, -0.2) is 4.79 Å². The fraction of sp³-hybridized carbons (Fsp3) is 0.579. The van der Waals surface area contributed by atoms with Gasteiger partial charge in [0, 0.05) is 18.3 Å². The fourth-order valence-electron chi connectivity index (χ4n) is 3.32. The Morgan fingerprint density at radius 1 is 1.21 bits per heavy atom. The molecule has 3 rings (SSSR count). The summed E-state index contributed by atoms with van der Waals surface area (Å²) >= 11 is 2.85. The van der Waals surface area contributed by atoms with Crippen molar-refractivity contribution in [2.75, 3.05) is 17.7 Å². The molecule has 2 aromatic heterocycles. The van der Waals surface area contributed by atoms with Gasteiger partial charge in [0.1, 0.15) is 10.8 Å². The first-order chi connectivity index (χ1) is 13.5. The van der Waals surface area contributed by atoms with Crippen LogP contribution in [0.2, 0.25) is 0 Å². The van der Waals surface area contributed by atoms with E-state index in [1.54, 1.807) is 6.92 Å². The second-order valence-electron chi connectivity index (χ2n) is 6.64. The summed E-state index contributed by atoms with van der Waals surface area (Å²) in [6, 6.07) is 0. The van der Waals surface area contributed by atoms with Crippen LogP contribution in [0.1, 0.15) is 59.7 Å². The second kappa shape index (κ2) is 9.56. The first-order valence-corrected chi connectivity index (χ1v) is 11.5. The van der Waals surface area contributed by atoms with E-state index in [0.29, 0.717) is 22.3 Å². The number of hydrogen-bond donors (Lipinski definition) is 1. The molecule has 0 radical (unpaired) electrons. The number of fused-ring (bicyclic) bond motifs is 1. The third-order valence-corrected chi connectivity index (χ3v) is 6.95. The van der Waals surface area contributed by atoms with Crippen LogP contribution in [0.15, 0.2) is 5.16 Å². The number of aromatic nitrogens is 3. The van der Waals surface area contributed by atoms with Crippen molar-refractivity contribution >= 4 is 40.0 Å². The van der Waals surface area contributed by atoms with Crippen molar-refractivity contribution < 1.29 is 14.3 Å². The Kier molecular flexibility index (Phi) is 7.12. The highest BCUT2D eigenvalue weighted by atomic mass is 32.2. The van der Waals surface area contributed by atoms with E-state index in [0.717, 1.165) is 43.5 Å². The molecule has 9 heteroatoms. The molecule has 2 aromatic rings. The molecule has 7 nitrogen and oxygen atoms in total. The molecule has 0 atom stereocenters. The predicted octanol–water partition coefficient (Wildman–Crippen LogP) is 3.62. The normalized spacial score (nSPS) is 13.7. The van der Waals surface area contributed by atoms with Crippen molar-refractivity contribution in [2.24, 2.45) is 7.05 Å². The Hall–Kier alpha value is -1.87. The summed E-state index contributed by atoms with van der Waals surface area (Å²) < 4.78 is 7.16. The fourth-order valence-corrected chi connectivity index (χ4v) is 5.34. The number of hydrogen-bond acceptors (Lipinski definition) is 7. The lowest BCUT2D eigenvalue weighted by molar-refractivity contribution is -0.113. The van der Waals surface area contributed by atoms with Gasteiger partial charge in [-0.15, -0.1) is 21.5 Å². The predicted molar refractivity (Wildman–Crippen MR) is 111 cm³/mol. The maximum Gasteiger partial charge on any atom is 0.341 e. The monoisotopic (exact) mass is 422 g/mol. The van der Waals surface area contributed by atoms with Crippen LogP contribution >= 0.6 is 23.1 Å². The minimum Gasteiger partial charge on any atom is -0.462 e. The van der Waals surface area contributed by atoms with Crippen LogP contribution in [0.3, 0.4) is 0 Å². The van der Waals surface area contributed by atoms with E-state index in [2.05, 4.69) is 15.5 Å². The van der Waals surface area contributed by atoms with Crippen LogP contribution in [0.25, 0.3) is 0 Å². The number of aryl methyl sites for hydroxylation is 2. The van der Waals surface area contributed by atoms with Crippen molar-refractivity contribution in [3.05, 3.63) is 21.8 Å². The molecule has 1 aliphatic rings. The summed E-state index contributed by atoms with van der Waals surface area (Å²) in [5.74, 6) is 0.591. The summed E-state index contributed by atoms with van der Waals surface area (Å²) in [5.41, 5.74) is 1.61. The van der Waals surface area contributed by atoms with Crippen LogP contribution < -0.4 is 5.32 Å². The maximum atomic E-state index is 12.6. The minimum atomic E-state index is -0.342. The topological polar surface area (TPSA) is 86.1 Å². The van der Waals surface area contributed by atoms with E-state index in [1.165, 1.54) is 34.4 Å². The quantitative estimate of drug-likeness (QED) is 0.417. The highest BCUT2D eigenvalue weighted by molar-refractivity contribution is 7.99. The Balaban J connectivity index is 1.74. The number of thioether (sulfide) groups is 1. The number of nitrogens with zero attached hydrogens (tertiary/aromatic N) is 3. The van der Waals surface area contributed by atoms with Crippen LogP contribution in [0.5, 0.6) is 0 Å². The molecule has 2 heterocycles. The molecule has 0 unspecified atom stereocenters. The van der Waals surface area contributed by atoms with Crippen molar-refractivity contribution in [1.82, 2.24) is 14.8 Å². The van der Waals surface area contributed by atoms with Crippen molar-refractivity contribution in [3.63, 3.8) is 0 Å². The van der Waals surface area contributed by atoms with Gasteiger partial charge in [-0.3, -0.25) is 4.79 Å². The van der Waals surface area contributed by atoms with Gasteiger partial charge in [-0.2, -0.15) is 0 Å². The largest absolute Gasteiger partial charge is 0.462 e.